The lowest BCUT2D eigenvalue weighted by Crippen LogP contribution is -2.28. The van der Waals surface area contributed by atoms with Gasteiger partial charge in [-0.05, 0) is 42.3 Å². The first-order valence-corrected chi connectivity index (χ1v) is 6.84. The average molecular weight is 287 g/mol. The molecule has 0 saturated carbocycles. The Morgan fingerprint density at radius 2 is 1.95 bits per heavy atom. The van der Waals surface area contributed by atoms with Gasteiger partial charge in [0, 0.05) is 5.56 Å². The molecule has 1 N–H and O–H groups in total. The van der Waals surface area contributed by atoms with Crippen LogP contribution >= 0.6 is 0 Å². The minimum Gasteiger partial charge on any atom is -0.497 e. The molecule has 110 valence electrons. The number of ether oxygens (including phenoxy) is 1. The summed E-state index contributed by atoms with van der Waals surface area (Å²) in [4.78, 5) is 12.2. The number of carbonyl (C=O) groups is 1. The third kappa shape index (κ3) is 3.81. The Hall–Kier alpha value is -2.36. The van der Waals surface area contributed by atoms with Crippen LogP contribution in [0.1, 0.15) is 35.3 Å². The molecule has 0 bridgehead atoms. The zero-order valence-electron chi connectivity index (χ0n) is 12.1. The fourth-order valence-electron chi connectivity index (χ4n) is 2.13. The lowest BCUT2D eigenvalue weighted by atomic mass is 10.0. The summed E-state index contributed by atoms with van der Waals surface area (Å²) < 4.78 is 18.3. The molecule has 0 aromatic heterocycles. The van der Waals surface area contributed by atoms with Gasteiger partial charge in [-0.2, -0.15) is 0 Å². The third-order valence-corrected chi connectivity index (χ3v) is 3.32. The van der Waals surface area contributed by atoms with Crippen LogP contribution in [0.2, 0.25) is 0 Å². The number of carbonyl (C=O) groups excluding carboxylic acids is 1. The van der Waals surface area contributed by atoms with Gasteiger partial charge in [0.1, 0.15) is 11.6 Å². The molecular weight excluding hydrogens is 269 g/mol. The van der Waals surface area contributed by atoms with E-state index in [1.165, 1.54) is 18.2 Å². The molecule has 0 heterocycles. The van der Waals surface area contributed by atoms with E-state index in [1.807, 2.05) is 31.2 Å². The molecule has 3 nitrogen and oxygen atoms in total. The van der Waals surface area contributed by atoms with Crippen LogP contribution in [0.3, 0.4) is 0 Å². The molecule has 0 aliphatic heterocycles. The van der Waals surface area contributed by atoms with Gasteiger partial charge in [-0.3, -0.25) is 4.79 Å². The second-order valence-corrected chi connectivity index (χ2v) is 4.72. The Kier molecular flexibility index (Phi) is 4.93. The molecular formula is C17H18FNO2. The summed E-state index contributed by atoms with van der Waals surface area (Å²) in [5.41, 5.74) is 1.31. The van der Waals surface area contributed by atoms with Gasteiger partial charge in [0.15, 0.2) is 0 Å². The van der Waals surface area contributed by atoms with Gasteiger partial charge < -0.3 is 10.1 Å². The van der Waals surface area contributed by atoms with E-state index in [0.29, 0.717) is 5.56 Å². The Morgan fingerprint density at radius 3 is 2.52 bits per heavy atom. The Labute approximate surface area is 123 Å². The zero-order valence-corrected chi connectivity index (χ0v) is 12.1. The Bertz CT molecular complexity index is 610. The molecule has 0 saturated heterocycles. The van der Waals surface area contributed by atoms with Crippen LogP contribution < -0.4 is 10.1 Å². The molecule has 0 fully saturated rings. The van der Waals surface area contributed by atoms with Gasteiger partial charge in [0.05, 0.1) is 13.2 Å². The first kappa shape index (κ1) is 15.0. The quantitative estimate of drug-likeness (QED) is 0.910. The van der Waals surface area contributed by atoms with E-state index in [-0.39, 0.29) is 11.9 Å². The van der Waals surface area contributed by atoms with Gasteiger partial charge in [-0.15, -0.1) is 0 Å². The number of hydrogen-bond donors (Lipinski definition) is 1. The van der Waals surface area contributed by atoms with Crippen molar-refractivity contribution in [3.05, 3.63) is 65.5 Å². The van der Waals surface area contributed by atoms with Crippen molar-refractivity contribution in [2.75, 3.05) is 7.11 Å². The smallest absolute Gasteiger partial charge is 0.251 e. The Morgan fingerprint density at radius 1 is 1.24 bits per heavy atom. The van der Waals surface area contributed by atoms with E-state index in [4.69, 9.17) is 4.74 Å². The summed E-state index contributed by atoms with van der Waals surface area (Å²) in [6, 6.07) is 13.1. The number of halogens is 1. The number of methoxy groups -OCH3 is 1. The predicted molar refractivity (Wildman–Crippen MR) is 79.9 cm³/mol. The van der Waals surface area contributed by atoms with E-state index < -0.39 is 5.82 Å². The van der Waals surface area contributed by atoms with Gasteiger partial charge in [0.2, 0.25) is 0 Å². The van der Waals surface area contributed by atoms with Gasteiger partial charge >= 0.3 is 0 Å². The van der Waals surface area contributed by atoms with E-state index in [9.17, 15) is 9.18 Å². The van der Waals surface area contributed by atoms with Crippen LogP contribution in [0.25, 0.3) is 0 Å². The zero-order chi connectivity index (χ0) is 15.2. The molecule has 2 aromatic rings. The van der Waals surface area contributed by atoms with Crippen molar-refractivity contribution in [3.8, 4) is 5.75 Å². The molecule has 1 amide bonds. The normalized spacial score (nSPS) is 11.8. The highest BCUT2D eigenvalue weighted by molar-refractivity contribution is 5.94. The SMILES string of the molecule is CC[C@@H](NC(=O)c1cccc(F)c1)c1ccc(OC)cc1. The van der Waals surface area contributed by atoms with Crippen molar-refractivity contribution in [1.29, 1.82) is 0 Å². The minimum absolute atomic E-state index is 0.119. The van der Waals surface area contributed by atoms with Crippen LogP contribution in [0.15, 0.2) is 48.5 Å². The number of rotatable bonds is 5. The largest absolute Gasteiger partial charge is 0.497 e. The highest BCUT2D eigenvalue weighted by Gasteiger charge is 2.14. The lowest BCUT2D eigenvalue weighted by Gasteiger charge is -2.18. The fraction of sp³-hybridized carbons (Fsp3) is 0.235. The average Bonchev–Trinajstić information content (AvgIpc) is 2.52. The first-order chi connectivity index (χ1) is 10.1. The number of benzene rings is 2. The van der Waals surface area contributed by atoms with Crippen molar-refractivity contribution < 1.29 is 13.9 Å². The first-order valence-electron chi connectivity index (χ1n) is 6.84. The topological polar surface area (TPSA) is 38.3 Å². The molecule has 1 atom stereocenters. The molecule has 2 aromatic carbocycles. The maximum absolute atomic E-state index is 13.2. The number of hydrogen-bond acceptors (Lipinski definition) is 2. The van der Waals surface area contributed by atoms with Crippen LogP contribution in [-0.4, -0.2) is 13.0 Å². The summed E-state index contributed by atoms with van der Waals surface area (Å²) in [6.45, 7) is 1.99. The standard InChI is InChI=1S/C17H18FNO2/c1-3-16(12-7-9-15(21-2)10-8-12)19-17(20)13-5-4-6-14(18)11-13/h4-11,16H,3H2,1-2H3,(H,19,20)/t16-/m1/s1. The highest BCUT2D eigenvalue weighted by Crippen LogP contribution is 2.20. The monoisotopic (exact) mass is 287 g/mol. The summed E-state index contributed by atoms with van der Waals surface area (Å²) in [6.07, 6.45) is 0.743. The van der Waals surface area contributed by atoms with Crippen molar-refractivity contribution in [2.45, 2.75) is 19.4 Å². The van der Waals surface area contributed by atoms with Gasteiger partial charge in [-0.1, -0.05) is 25.1 Å². The maximum atomic E-state index is 13.2. The van der Waals surface area contributed by atoms with Gasteiger partial charge in [-0.25, -0.2) is 4.39 Å². The van der Waals surface area contributed by atoms with Crippen LogP contribution in [-0.2, 0) is 0 Å². The van der Waals surface area contributed by atoms with Crippen molar-refractivity contribution >= 4 is 5.91 Å². The summed E-state index contributed by atoms with van der Waals surface area (Å²) >= 11 is 0. The fourth-order valence-corrected chi connectivity index (χ4v) is 2.13. The van der Waals surface area contributed by atoms with Crippen molar-refractivity contribution in [2.24, 2.45) is 0 Å². The van der Waals surface area contributed by atoms with E-state index in [0.717, 1.165) is 17.7 Å². The molecule has 2 rings (SSSR count). The second kappa shape index (κ2) is 6.88. The lowest BCUT2D eigenvalue weighted by molar-refractivity contribution is 0.0935. The van der Waals surface area contributed by atoms with E-state index >= 15 is 0 Å². The second-order valence-electron chi connectivity index (χ2n) is 4.72. The summed E-state index contributed by atoms with van der Waals surface area (Å²) in [5.74, 6) is 0.0716. The Balaban J connectivity index is 2.12. The van der Waals surface area contributed by atoms with E-state index in [1.54, 1.807) is 13.2 Å². The summed E-state index contributed by atoms with van der Waals surface area (Å²) in [5, 5.41) is 2.92. The maximum Gasteiger partial charge on any atom is 0.251 e. The molecule has 0 unspecified atom stereocenters. The predicted octanol–water partition coefficient (Wildman–Crippen LogP) is 3.72. The van der Waals surface area contributed by atoms with Crippen molar-refractivity contribution in [1.82, 2.24) is 5.32 Å². The van der Waals surface area contributed by atoms with Crippen molar-refractivity contribution in [3.63, 3.8) is 0 Å². The minimum atomic E-state index is -0.417. The third-order valence-electron chi connectivity index (χ3n) is 3.32. The molecule has 21 heavy (non-hydrogen) atoms. The number of nitrogens with one attached hydrogen (secondary N) is 1. The summed E-state index contributed by atoms with van der Waals surface area (Å²) in [7, 11) is 1.61. The molecule has 0 radical (unpaired) electrons. The number of amides is 1. The van der Waals surface area contributed by atoms with Crippen LogP contribution in [0, 0.1) is 5.82 Å². The highest BCUT2D eigenvalue weighted by atomic mass is 19.1. The van der Waals surface area contributed by atoms with E-state index in [2.05, 4.69) is 5.32 Å². The van der Waals surface area contributed by atoms with Gasteiger partial charge in [0.25, 0.3) is 5.91 Å². The van der Waals surface area contributed by atoms with Crippen LogP contribution in [0.4, 0.5) is 4.39 Å². The molecule has 0 aliphatic carbocycles. The molecule has 0 spiro atoms. The molecule has 4 heteroatoms. The van der Waals surface area contributed by atoms with Crippen LogP contribution in [0.5, 0.6) is 5.75 Å². The molecule has 0 aliphatic rings.